The second kappa shape index (κ2) is 9.27. The number of hydrogen-bond acceptors (Lipinski definition) is 7. The summed E-state index contributed by atoms with van der Waals surface area (Å²) in [4.78, 5) is 28.3. The van der Waals surface area contributed by atoms with Crippen molar-refractivity contribution in [3.63, 3.8) is 0 Å². The highest BCUT2D eigenvalue weighted by atomic mass is 19.1. The molecule has 1 unspecified atom stereocenters. The zero-order valence-electron chi connectivity index (χ0n) is 17.8. The molecule has 1 aromatic carbocycles. The fraction of sp³-hybridized carbons (Fsp3) is 0.304. The first-order chi connectivity index (χ1) is 15.4. The molecule has 2 aliphatic heterocycles. The molecule has 0 saturated carbocycles. The van der Waals surface area contributed by atoms with E-state index in [0.717, 1.165) is 11.3 Å². The van der Waals surface area contributed by atoms with Gasteiger partial charge in [0.05, 0.1) is 24.0 Å². The average Bonchev–Trinajstić information content (AvgIpc) is 3.06. The molecular formula is C23H25FN6O2. The largest absolute Gasteiger partial charge is 0.501 e. The van der Waals surface area contributed by atoms with Gasteiger partial charge in [-0.2, -0.15) is 0 Å². The van der Waals surface area contributed by atoms with Crippen LogP contribution >= 0.6 is 0 Å². The number of aromatic nitrogens is 2. The van der Waals surface area contributed by atoms with E-state index in [1.807, 2.05) is 13.0 Å². The van der Waals surface area contributed by atoms with E-state index in [1.54, 1.807) is 24.5 Å². The average molecular weight is 436 g/mol. The second-order valence-electron chi connectivity index (χ2n) is 7.72. The van der Waals surface area contributed by atoms with Crippen molar-refractivity contribution < 1.29 is 9.50 Å². The normalized spacial score (nSPS) is 18.1. The van der Waals surface area contributed by atoms with Crippen LogP contribution in [-0.4, -0.2) is 51.1 Å². The van der Waals surface area contributed by atoms with Gasteiger partial charge in [-0.3, -0.25) is 24.2 Å². The zero-order valence-corrected chi connectivity index (χ0v) is 17.8. The minimum absolute atomic E-state index is 0.120. The van der Waals surface area contributed by atoms with Gasteiger partial charge in [0.25, 0.3) is 5.56 Å². The maximum Gasteiger partial charge on any atom is 0.296 e. The Hall–Kier alpha value is -3.59. The van der Waals surface area contributed by atoms with Crippen LogP contribution in [0.25, 0.3) is 5.70 Å². The number of halogens is 1. The molecule has 0 aliphatic carbocycles. The van der Waals surface area contributed by atoms with E-state index in [-0.39, 0.29) is 17.6 Å². The van der Waals surface area contributed by atoms with E-state index in [9.17, 15) is 14.3 Å². The van der Waals surface area contributed by atoms with E-state index < -0.39 is 11.3 Å². The monoisotopic (exact) mass is 436 g/mol. The van der Waals surface area contributed by atoms with E-state index in [1.165, 1.54) is 16.7 Å². The molecule has 0 amide bonds. The van der Waals surface area contributed by atoms with Crippen LogP contribution in [0.4, 0.5) is 4.39 Å². The van der Waals surface area contributed by atoms with Gasteiger partial charge in [-0.1, -0.05) is 18.7 Å². The third-order valence-corrected chi connectivity index (χ3v) is 5.59. The van der Waals surface area contributed by atoms with Gasteiger partial charge in [0.15, 0.2) is 0 Å². The molecule has 32 heavy (non-hydrogen) atoms. The summed E-state index contributed by atoms with van der Waals surface area (Å²) in [6, 6.07) is 5.87. The van der Waals surface area contributed by atoms with Crippen molar-refractivity contribution in [2.24, 2.45) is 9.98 Å². The Morgan fingerprint density at radius 2 is 2.09 bits per heavy atom. The first-order valence-electron chi connectivity index (χ1n) is 10.4. The lowest BCUT2D eigenvalue weighted by Gasteiger charge is -2.35. The molecule has 2 aliphatic rings. The minimum Gasteiger partial charge on any atom is -0.501 e. The lowest BCUT2D eigenvalue weighted by molar-refractivity contribution is 0.183. The van der Waals surface area contributed by atoms with Crippen LogP contribution in [0.5, 0.6) is 5.75 Å². The Morgan fingerprint density at radius 1 is 1.31 bits per heavy atom. The fourth-order valence-corrected chi connectivity index (χ4v) is 3.75. The summed E-state index contributed by atoms with van der Waals surface area (Å²) in [6.07, 6.45) is 5.36. The summed E-state index contributed by atoms with van der Waals surface area (Å²) in [5, 5.41) is 13.6. The zero-order chi connectivity index (χ0) is 22.7. The summed E-state index contributed by atoms with van der Waals surface area (Å²) >= 11 is 0. The molecule has 9 heteroatoms. The number of nitrogens with zero attached hydrogens (tertiary/aromatic N) is 5. The quantitative estimate of drug-likeness (QED) is 0.724. The molecule has 166 valence electrons. The third-order valence-electron chi connectivity index (χ3n) is 5.59. The first kappa shape index (κ1) is 21.6. The summed E-state index contributed by atoms with van der Waals surface area (Å²) < 4.78 is 14.6. The summed E-state index contributed by atoms with van der Waals surface area (Å²) in [5.74, 6) is -0.189. The van der Waals surface area contributed by atoms with Gasteiger partial charge in [-0.15, -0.1) is 0 Å². The van der Waals surface area contributed by atoms with Crippen molar-refractivity contribution in [3.05, 3.63) is 76.4 Å². The molecule has 3 heterocycles. The van der Waals surface area contributed by atoms with Crippen LogP contribution in [0.3, 0.4) is 0 Å². The summed E-state index contributed by atoms with van der Waals surface area (Å²) in [5.41, 5.74) is 1.65. The maximum absolute atomic E-state index is 13.1. The van der Waals surface area contributed by atoms with E-state index in [0.29, 0.717) is 44.2 Å². The number of rotatable bonds is 6. The molecule has 0 saturated heterocycles. The molecule has 0 bridgehead atoms. The Bertz CT molecular complexity index is 1170. The van der Waals surface area contributed by atoms with Crippen molar-refractivity contribution in [2.45, 2.75) is 26.1 Å². The van der Waals surface area contributed by atoms with Crippen LogP contribution in [0, 0.1) is 5.82 Å². The SMILES string of the molecule is C=C(NCc1ccc(F)cc1)c1nc2n(c(=O)c1O)CCN(CC1=NCC=CN=C1)C2C. The summed E-state index contributed by atoms with van der Waals surface area (Å²) in [7, 11) is 0. The highest BCUT2D eigenvalue weighted by molar-refractivity contribution is 6.31. The van der Waals surface area contributed by atoms with E-state index >= 15 is 0 Å². The molecule has 0 radical (unpaired) electrons. The van der Waals surface area contributed by atoms with Gasteiger partial charge < -0.3 is 10.4 Å². The minimum atomic E-state index is -0.487. The standard InChI is InChI=1S/C23H25FN6O2/c1-15(27-12-17-4-6-18(24)7-5-17)20-21(31)23(32)30-11-10-29(16(2)22(30)28-20)14-19-13-25-8-3-9-26-19/h3-8,13,16,27,31H,1,9-12,14H2,2H3. The molecule has 8 nitrogen and oxygen atoms in total. The van der Waals surface area contributed by atoms with Crippen molar-refractivity contribution in [1.29, 1.82) is 0 Å². The second-order valence-corrected chi connectivity index (χ2v) is 7.72. The molecule has 0 fully saturated rings. The highest BCUT2D eigenvalue weighted by Crippen LogP contribution is 2.26. The van der Waals surface area contributed by atoms with E-state index in [4.69, 9.17) is 0 Å². The lowest BCUT2D eigenvalue weighted by Crippen LogP contribution is -2.45. The molecule has 1 atom stereocenters. The predicted molar refractivity (Wildman–Crippen MR) is 122 cm³/mol. The number of benzene rings is 1. The van der Waals surface area contributed by atoms with Crippen molar-refractivity contribution in [3.8, 4) is 5.75 Å². The Morgan fingerprint density at radius 3 is 2.88 bits per heavy atom. The third kappa shape index (κ3) is 4.52. The molecule has 2 N–H and O–H groups in total. The summed E-state index contributed by atoms with van der Waals surface area (Å²) in [6.45, 7) is 8.48. The van der Waals surface area contributed by atoms with Crippen molar-refractivity contribution in [2.75, 3.05) is 19.6 Å². The molecule has 1 aromatic heterocycles. The van der Waals surface area contributed by atoms with E-state index in [2.05, 4.69) is 31.8 Å². The molecule has 0 spiro atoms. The van der Waals surface area contributed by atoms with Gasteiger partial charge in [0.2, 0.25) is 5.75 Å². The number of aromatic hydroxyl groups is 1. The Balaban J connectivity index is 1.55. The van der Waals surface area contributed by atoms with Crippen LogP contribution in [0.15, 0.2) is 57.9 Å². The first-order valence-corrected chi connectivity index (χ1v) is 10.4. The van der Waals surface area contributed by atoms with Gasteiger partial charge in [-0.25, -0.2) is 9.37 Å². The molecular weight excluding hydrogens is 411 g/mol. The van der Waals surface area contributed by atoms with Gasteiger partial charge in [0, 0.05) is 38.6 Å². The smallest absolute Gasteiger partial charge is 0.296 e. The van der Waals surface area contributed by atoms with Gasteiger partial charge in [0.1, 0.15) is 17.3 Å². The number of nitrogens with one attached hydrogen (secondary N) is 1. The lowest BCUT2D eigenvalue weighted by atomic mass is 10.1. The number of fused-ring (bicyclic) bond motifs is 1. The highest BCUT2D eigenvalue weighted by Gasteiger charge is 2.29. The van der Waals surface area contributed by atoms with Crippen molar-refractivity contribution in [1.82, 2.24) is 19.8 Å². The topological polar surface area (TPSA) is 95.1 Å². The van der Waals surface area contributed by atoms with Crippen LogP contribution in [0.1, 0.15) is 30.0 Å². The molecule has 4 rings (SSSR count). The number of hydrogen-bond donors (Lipinski definition) is 2. The number of aliphatic imine (C=N–C) groups is 2. The fourth-order valence-electron chi connectivity index (χ4n) is 3.75. The van der Waals surface area contributed by atoms with Gasteiger partial charge in [-0.05, 0) is 30.7 Å². The van der Waals surface area contributed by atoms with Crippen LogP contribution < -0.4 is 10.9 Å². The van der Waals surface area contributed by atoms with Gasteiger partial charge >= 0.3 is 0 Å². The maximum atomic E-state index is 13.1. The Labute approximate surface area is 185 Å². The van der Waals surface area contributed by atoms with Crippen LogP contribution in [0.2, 0.25) is 0 Å². The Kier molecular flexibility index (Phi) is 6.27. The van der Waals surface area contributed by atoms with Crippen molar-refractivity contribution >= 4 is 17.6 Å². The predicted octanol–water partition coefficient (Wildman–Crippen LogP) is 2.26. The molecule has 2 aromatic rings. The van der Waals surface area contributed by atoms with Crippen LogP contribution in [-0.2, 0) is 13.1 Å².